The first-order valence-corrected chi connectivity index (χ1v) is 11.7. The van der Waals surface area contributed by atoms with Gasteiger partial charge in [0.1, 0.15) is 11.3 Å². The molecule has 0 aliphatic heterocycles. The van der Waals surface area contributed by atoms with E-state index < -0.39 is 5.97 Å². The van der Waals surface area contributed by atoms with Gasteiger partial charge in [-0.15, -0.1) is 0 Å². The minimum absolute atomic E-state index is 0.310. The summed E-state index contributed by atoms with van der Waals surface area (Å²) in [4.78, 5) is 19.0. The highest BCUT2D eigenvalue weighted by Gasteiger charge is 2.24. The molecule has 0 spiro atoms. The summed E-state index contributed by atoms with van der Waals surface area (Å²) < 4.78 is 0. The molecular weight excluding hydrogens is 410 g/mol. The number of nitrogen functional groups attached to an aromatic ring is 1. The third-order valence-electron chi connectivity index (χ3n) is 6.96. The first-order chi connectivity index (χ1) is 16.1. The molecule has 0 bridgehead atoms. The summed E-state index contributed by atoms with van der Waals surface area (Å²) in [6.45, 7) is 0. The topological polar surface area (TPSA) is 92.0 Å². The van der Waals surface area contributed by atoms with E-state index in [0.29, 0.717) is 23.9 Å². The first kappa shape index (κ1) is 21.3. The van der Waals surface area contributed by atoms with Gasteiger partial charge in [-0.25, -0.2) is 4.98 Å². The number of benzene rings is 2. The second-order valence-corrected chi connectivity index (χ2v) is 9.15. The zero-order valence-electron chi connectivity index (χ0n) is 18.6. The number of fused-ring (bicyclic) bond motifs is 1. The van der Waals surface area contributed by atoms with Gasteiger partial charge in [-0.3, -0.25) is 4.79 Å². The number of hydrogen-bond acceptors (Lipinski definition) is 3. The van der Waals surface area contributed by atoms with Gasteiger partial charge >= 0.3 is 5.97 Å². The first-order valence-electron chi connectivity index (χ1n) is 11.7. The molecule has 1 heterocycles. The second kappa shape index (κ2) is 9.10. The summed E-state index contributed by atoms with van der Waals surface area (Å²) in [5, 5.41) is 9.04. The lowest BCUT2D eigenvalue weighted by molar-refractivity contribution is -0.138. The standard InChI is InChI=1S/C28H29N3O2/c29-24-5-2-6-25-27(24)31-28(30-25)23-15-13-22(14-16-23)20-4-1-3-19(11-12-20)21-9-7-18(8-10-21)17-26(32)33/h2-6,11-16,18,21H,1,7-10,17,29H2,(H,30,31)(H,32,33). The quantitative estimate of drug-likeness (QED) is 0.403. The van der Waals surface area contributed by atoms with Gasteiger partial charge in [0.25, 0.3) is 0 Å². The van der Waals surface area contributed by atoms with Crippen LogP contribution in [0.2, 0.25) is 0 Å². The van der Waals surface area contributed by atoms with Gasteiger partial charge in [-0.2, -0.15) is 0 Å². The lowest BCUT2D eigenvalue weighted by atomic mass is 9.77. The molecule has 4 N–H and O–H groups in total. The van der Waals surface area contributed by atoms with Crippen LogP contribution in [0.1, 0.15) is 44.1 Å². The number of allylic oxidation sites excluding steroid dienone is 6. The van der Waals surface area contributed by atoms with Gasteiger partial charge < -0.3 is 15.8 Å². The molecular formula is C28H29N3O2. The Morgan fingerprint density at radius 3 is 2.48 bits per heavy atom. The Bertz CT molecular complexity index is 1260. The van der Waals surface area contributed by atoms with Crippen LogP contribution in [0.4, 0.5) is 5.69 Å². The van der Waals surface area contributed by atoms with Crippen molar-refractivity contribution in [1.29, 1.82) is 0 Å². The minimum Gasteiger partial charge on any atom is -0.481 e. The summed E-state index contributed by atoms with van der Waals surface area (Å²) in [5.74, 6) is 1.03. The van der Waals surface area contributed by atoms with Crippen molar-refractivity contribution >= 4 is 28.3 Å². The average molecular weight is 440 g/mol. The van der Waals surface area contributed by atoms with Crippen molar-refractivity contribution in [3.05, 3.63) is 77.9 Å². The van der Waals surface area contributed by atoms with E-state index in [-0.39, 0.29) is 0 Å². The number of anilines is 1. The van der Waals surface area contributed by atoms with E-state index in [1.165, 1.54) is 16.7 Å². The Morgan fingerprint density at radius 2 is 1.76 bits per heavy atom. The summed E-state index contributed by atoms with van der Waals surface area (Å²) >= 11 is 0. The Labute approximate surface area is 193 Å². The van der Waals surface area contributed by atoms with E-state index in [4.69, 9.17) is 10.8 Å². The van der Waals surface area contributed by atoms with Gasteiger partial charge in [-0.05, 0) is 72.8 Å². The molecule has 1 aromatic heterocycles. The summed E-state index contributed by atoms with van der Waals surface area (Å²) in [6, 6.07) is 14.3. The summed E-state index contributed by atoms with van der Waals surface area (Å²) in [7, 11) is 0. The molecule has 1 saturated carbocycles. The van der Waals surface area contributed by atoms with E-state index in [1.807, 2.05) is 18.2 Å². The number of nitrogens with one attached hydrogen (secondary N) is 1. The number of aromatic amines is 1. The van der Waals surface area contributed by atoms with Crippen LogP contribution >= 0.6 is 0 Å². The zero-order valence-corrected chi connectivity index (χ0v) is 18.6. The van der Waals surface area contributed by atoms with E-state index in [0.717, 1.165) is 54.5 Å². The van der Waals surface area contributed by atoms with E-state index >= 15 is 0 Å². The van der Waals surface area contributed by atoms with Crippen LogP contribution in [0.15, 0.2) is 72.3 Å². The van der Waals surface area contributed by atoms with Crippen molar-refractivity contribution in [1.82, 2.24) is 9.97 Å². The van der Waals surface area contributed by atoms with E-state index in [9.17, 15) is 4.79 Å². The molecule has 33 heavy (non-hydrogen) atoms. The largest absolute Gasteiger partial charge is 0.481 e. The highest BCUT2D eigenvalue weighted by Crippen LogP contribution is 2.37. The van der Waals surface area contributed by atoms with E-state index in [2.05, 4.69) is 58.5 Å². The maximum Gasteiger partial charge on any atom is 0.303 e. The predicted octanol–water partition coefficient (Wildman–Crippen LogP) is 6.36. The van der Waals surface area contributed by atoms with Crippen LogP contribution in [0.25, 0.3) is 28.0 Å². The highest BCUT2D eigenvalue weighted by molar-refractivity contribution is 5.89. The molecule has 3 aromatic rings. The summed E-state index contributed by atoms with van der Waals surface area (Å²) in [5.41, 5.74) is 13.3. The maximum atomic E-state index is 11.0. The van der Waals surface area contributed by atoms with Crippen LogP contribution in [-0.4, -0.2) is 21.0 Å². The molecule has 5 nitrogen and oxygen atoms in total. The van der Waals surface area contributed by atoms with Crippen molar-refractivity contribution in [3.8, 4) is 11.4 Å². The van der Waals surface area contributed by atoms with Crippen LogP contribution < -0.4 is 5.73 Å². The third-order valence-corrected chi connectivity index (χ3v) is 6.96. The number of para-hydroxylation sites is 1. The van der Waals surface area contributed by atoms with Crippen LogP contribution in [0, 0.1) is 11.8 Å². The summed E-state index contributed by atoms with van der Waals surface area (Å²) in [6.07, 6.45) is 14.5. The number of nitrogens with two attached hydrogens (primary N) is 1. The van der Waals surface area contributed by atoms with Crippen molar-refractivity contribution in [2.75, 3.05) is 5.73 Å². The lowest BCUT2D eigenvalue weighted by Gasteiger charge is -2.28. The number of H-pyrrole nitrogens is 1. The number of carboxylic acid groups (broad SMARTS) is 1. The van der Waals surface area contributed by atoms with Gasteiger partial charge in [0.05, 0.1) is 11.2 Å². The molecule has 0 atom stereocenters. The Morgan fingerprint density at radius 1 is 1.00 bits per heavy atom. The molecule has 1 fully saturated rings. The highest BCUT2D eigenvalue weighted by atomic mass is 16.4. The van der Waals surface area contributed by atoms with Gasteiger partial charge in [0.2, 0.25) is 0 Å². The van der Waals surface area contributed by atoms with Gasteiger partial charge in [-0.1, -0.05) is 54.6 Å². The number of rotatable bonds is 5. The molecule has 5 rings (SSSR count). The number of nitrogens with zero attached hydrogens (tertiary/aromatic N) is 1. The molecule has 0 unspecified atom stereocenters. The minimum atomic E-state index is -0.670. The average Bonchev–Trinajstić information content (AvgIpc) is 3.11. The normalized spacial score (nSPS) is 20.8. The van der Waals surface area contributed by atoms with Crippen molar-refractivity contribution in [3.63, 3.8) is 0 Å². The molecule has 5 heteroatoms. The van der Waals surface area contributed by atoms with Crippen LogP contribution in [0.3, 0.4) is 0 Å². The van der Waals surface area contributed by atoms with Gasteiger partial charge in [0.15, 0.2) is 0 Å². The number of carbonyl (C=O) groups is 1. The van der Waals surface area contributed by atoms with Crippen molar-refractivity contribution in [2.24, 2.45) is 11.8 Å². The molecule has 0 radical (unpaired) electrons. The number of imidazole rings is 1. The second-order valence-electron chi connectivity index (χ2n) is 9.15. The zero-order chi connectivity index (χ0) is 22.8. The number of aromatic nitrogens is 2. The fraction of sp³-hybridized carbons (Fsp3) is 0.286. The Hall–Kier alpha value is -3.60. The molecule has 0 saturated heterocycles. The maximum absolute atomic E-state index is 11.0. The van der Waals surface area contributed by atoms with Crippen LogP contribution in [0.5, 0.6) is 0 Å². The Balaban J connectivity index is 1.26. The molecule has 2 aliphatic rings. The van der Waals surface area contributed by atoms with Crippen LogP contribution in [-0.2, 0) is 4.79 Å². The molecule has 2 aliphatic carbocycles. The third kappa shape index (κ3) is 4.63. The fourth-order valence-corrected chi connectivity index (χ4v) is 5.12. The predicted molar refractivity (Wildman–Crippen MR) is 133 cm³/mol. The molecule has 168 valence electrons. The van der Waals surface area contributed by atoms with Crippen molar-refractivity contribution in [2.45, 2.75) is 38.5 Å². The monoisotopic (exact) mass is 439 g/mol. The number of carboxylic acids is 1. The fourth-order valence-electron chi connectivity index (χ4n) is 5.12. The number of hydrogen-bond donors (Lipinski definition) is 3. The lowest BCUT2D eigenvalue weighted by Crippen LogP contribution is -2.18. The number of aliphatic carboxylic acids is 1. The van der Waals surface area contributed by atoms with Gasteiger partial charge in [0, 0.05) is 12.0 Å². The van der Waals surface area contributed by atoms with Crippen molar-refractivity contribution < 1.29 is 9.90 Å². The van der Waals surface area contributed by atoms with E-state index in [1.54, 1.807) is 0 Å². The molecule has 0 amide bonds. The Kier molecular flexibility index (Phi) is 5.86. The molecule has 2 aromatic carbocycles. The SMILES string of the molecule is Nc1cccc2[nH]c(-c3ccc(C4=CCC=C(C5CCC(CC(=O)O)CC5)C=C4)cc3)nc12. The smallest absolute Gasteiger partial charge is 0.303 e.